The minimum atomic E-state index is -0.396. The van der Waals surface area contributed by atoms with Crippen LogP contribution in [0.2, 0.25) is 0 Å². The molecule has 0 aromatic heterocycles. The van der Waals surface area contributed by atoms with E-state index in [1.165, 1.54) is 0 Å². The van der Waals surface area contributed by atoms with Gasteiger partial charge in [-0.05, 0) is 69.3 Å². The fourth-order valence-electron chi connectivity index (χ4n) is 4.98. The first-order chi connectivity index (χ1) is 21.8. The minimum Gasteiger partial charge on any atom is -0.456 e. The summed E-state index contributed by atoms with van der Waals surface area (Å²) in [5, 5.41) is 0. The molecule has 3 aromatic carbocycles. The number of hydrogen-bond acceptors (Lipinski definition) is 6. The third-order valence-corrected chi connectivity index (χ3v) is 8.55. The van der Waals surface area contributed by atoms with Crippen LogP contribution in [-0.4, -0.2) is 68.9 Å². The molecule has 0 N–H and O–H groups in total. The van der Waals surface area contributed by atoms with Gasteiger partial charge in [0.1, 0.15) is 39.5 Å². The lowest BCUT2D eigenvalue weighted by atomic mass is 9.87. The maximum absolute atomic E-state index is 12.8. The van der Waals surface area contributed by atoms with E-state index in [0.29, 0.717) is 40.8 Å². The normalized spacial score (nSPS) is 12.4. The Balaban J connectivity index is 1.62. The van der Waals surface area contributed by atoms with Gasteiger partial charge >= 0.3 is 17.9 Å². The Bertz CT molecular complexity index is 1300. The van der Waals surface area contributed by atoms with Crippen LogP contribution < -0.4 is 0 Å². The van der Waals surface area contributed by atoms with Gasteiger partial charge in [0.15, 0.2) is 0 Å². The monoisotopic (exact) mass is 644 g/mol. The minimum absolute atomic E-state index is 0.0135. The van der Waals surface area contributed by atoms with Gasteiger partial charge in [0.25, 0.3) is 0 Å². The molecule has 7 nitrogen and oxygen atoms in total. The number of hydrogen-bond donors (Lipinski definition) is 0. The molecule has 0 aliphatic carbocycles. The van der Waals surface area contributed by atoms with Crippen LogP contribution in [0.3, 0.4) is 0 Å². The van der Waals surface area contributed by atoms with E-state index in [0.717, 1.165) is 16.7 Å². The number of carbonyl (C=O) groups excluding carboxylic acids is 3. The fourth-order valence-corrected chi connectivity index (χ4v) is 4.98. The average molecular weight is 645 g/mol. The molecule has 3 rings (SSSR count). The molecule has 0 spiro atoms. The Morgan fingerprint density at radius 2 is 0.660 bits per heavy atom. The number of rotatable bonds is 12. The average Bonchev–Trinajstić information content (AvgIpc) is 3.00. The predicted molar refractivity (Wildman–Crippen MR) is 187 cm³/mol. The van der Waals surface area contributed by atoms with Crippen LogP contribution in [-0.2, 0) is 30.5 Å². The summed E-state index contributed by atoms with van der Waals surface area (Å²) in [7, 11) is 1.98. The largest absolute Gasteiger partial charge is 0.456 e. The highest BCUT2D eigenvalue weighted by molar-refractivity contribution is 5.90. The summed E-state index contributed by atoms with van der Waals surface area (Å²) in [5.74, 6) is -1.19. The van der Waals surface area contributed by atoms with E-state index >= 15 is 0 Å². The maximum atomic E-state index is 12.8. The Hall–Kier alpha value is -3.97. The van der Waals surface area contributed by atoms with Gasteiger partial charge in [-0.3, -0.25) is 0 Å². The Morgan fingerprint density at radius 1 is 0.447 bits per heavy atom. The molecule has 0 fully saturated rings. The van der Waals surface area contributed by atoms with E-state index in [1.807, 2.05) is 43.4 Å². The van der Waals surface area contributed by atoms with Gasteiger partial charge < -0.3 is 18.7 Å². The first-order valence-electron chi connectivity index (χ1n) is 16.5. The molecule has 7 heteroatoms. The van der Waals surface area contributed by atoms with Crippen molar-refractivity contribution >= 4 is 17.9 Å². The van der Waals surface area contributed by atoms with E-state index in [-0.39, 0.29) is 36.1 Å². The number of nitrogens with zero attached hydrogens (tertiary/aromatic N) is 1. The van der Waals surface area contributed by atoms with E-state index in [1.54, 1.807) is 36.4 Å². The number of benzene rings is 3. The highest BCUT2D eigenvalue weighted by atomic mass is 16.5. The second kappa shape index (κ2) is 15.3. The van der Waals surface area contributed by atoms with Crippen LogP contribution in [0.5, 0.6) is 0 Å². The molecule has 0 radical (unpaired) electrons. The summed E-state index contributed by atoms with van der Waals surface area (Å²) in [6, 6.07) is 22.4. The molecule has 0 amide bonds. The second-order valence-electron chi connectivity index (χ2n) is 15.7. The van der Waals surface area contributed by atoms with Crippen molar-refractivity contribution in [2.45, 2.75) is 78.6 Å². The maximum Gasteiger partial charge on any atom is 0.338 e. The molecule has 0 aliphatic rings. The number of carbonyl (C=O) groups is 3. The quantitative estimate of drug-likeness (QED) is 0.113. The molecule has 47 heavy (non-hydrogen) atoms. The Morgan fingerprint density at radius 3 is 0.851 bits per heavy atom. The zero-order valence-corrected chi connectivity index (χ0v) is 30.1. The fraction of sp³-hybridized carbons (Fsp3) is 0.475. The molecule has 0 bridgehead atoms. The van der Waals surface area contributed by atoms with Crippen molar-refractivity contribution in [3.8, 4) is 0 Å². The van der Waals surface area contributed by atoms with Crippen LogP contribution in [0.1, 0.15) is 110 Å². The standard InChI is InChI=1S/C40H54NO6/c1-38(2,3)32-17-11-29(12-18-32)35(42)45-26-23-41(10,24-27-46-36(43)30-13-19-33(20-14-30)39(4,5)6)25-28-47-37(44)31-15-21-34(22-16-31)40(7,8)9/h11-22H,23-28H2,1-10H3/q+1. The molecular weight excluding hydrogens is 590 g/mol. The van der Waals surface area contributed by atoms with Crippen molar-refractivity contribution < 1.29 is 33.1 Å². The predicted octanol–water partition coefficient (Wildman–Crippen LogP) is 7.90. The van der Waals surface area contributed by atoms with Gasteiger partial charge in [0.2, 0.25) is 0 Å². The lowest BCUT2D eigenvalue weighted by Gasteiger charge is -2.34. The van der Waals surface area contributed by atoms with Crippen molar-refractivity contribution in [3.05, 3.63) is 106 Å². The van der Waals surface area contributed by atoms with Crippen LogP contribution in [0, 0.1) is 0 Å². The molecule has 0 saturated heterocycles. The molecule has 0 heterocycles. The van der Waals surface area contributed by atoms with Crippen molar-refractivity contribution in [1.82, 2.24) is 0 Å². The summed E-state index contributed by atoms with van der Waals surface area (Å²) in [6.07, 6.45) is 0. The highest BCUT2D eigenvalue weighted by Crippen LogP contribution is 2.24. The van der Waals surface area contributed by atoms with Crippen molar-refractivity contribution in [1.29, 1.82) is 0 Å². The van der Waals surface area contributed by atoms with Gasteiger partial charge in [-0.15, -0.1) is 0 Å². The third kappa shape index (κ3) is 11.4. The number of likely N-dealkylation sites (N-methyl/N-ethyl adjacent to an activating group) is 1. The number of quaternary nitrogens is 1. The number of ether oxygens (including phenoxy) is 3. The van der Waals surface area contributed by atoms with Gasteiger partial charge in [-0.2, -0.15) is 0 Å². The summed E-state index contributed by atoms with van der Waals surface area (Å²) >= 11 is 0. The van der Waals surface area contributed by atoms with E-state index in [2.05, 4.69) is 62.3 Å². The SMILES string of the molecule is CC(C)(C)c1ccc(C(=O)OCC[N+](C)(CCOC(=O)c2ccc(C(C)(C)C)cc2)CCOC(=O)c2ccc(C(C)(C)C)cc2)cc1. The van der Waals surface area contributed by atoms with Crippen molar-refractivity contribution in [2.75, 3.05) is 46.5 Å². The van der Waals surface area contributed by atoms with Crippen molar-refractivity contribution in [2.24, 2.45) is 0 Å². The van der Waals surface area contributed by atoms with E-state index in [9.17, 15) is 14.4 Å². The smallest absolute Gasteiger partial charge is 0.338 e. The topological polar surface area (TPSA) is 78.9 Å². The molecule has 3 aromatic rings. The Labute approximate surface area is 281 Å². The third-order valence-electron chi connectivity index (χ3n) is 8.55. The lowest BCUT2D eigenvalue weighted by Crippen LogP contribution is -2.51. The van der Waals surface area contributed by atoms with Crippen LogP contribution in [0.15, 0.2) is 72.8 Å². The van der Waals surface area contributed by atoms with Crippen LogP contribution >= 0.6 is 0 Å². The molecule has 0 unspecified atom stereocenters. The zero-order valence-electron chi connectivity index (χ0n) is 30.1. The highest BCUT2D eigenvalue weighted by Gasteiger charge is 2.25. The second-order valence-corrected chi connectivity index (χ2v) is 15.7. The molecule has 254 valence electrons. The van der Waals surface area contributed by atoms with Gasteiger partial charge in [-0.1, -0.05) is 98.7 Å². The summed E-state index contributed by atoms with van der Waals surface area (Å²) in [6.45, 7) is 20.9. The first kappa shape index (κ1) is 37.5. The van der Waals surface area contributed by atoms with Crippen molar-refractivity contribution in [3.63, 3.8) is 0 Å². The zero-order chi connectivity index (χ0) is 35.0. The van der Waals surface area contributed by atoms with Gasteiger partial charge in [0, 0.05) is 0 Å². The molecular formula is C40H54NO6+. The van der Waals surface area contributed by atoms with E-state index in [4.69, 9.17) is 14.2 Å². The van der Waals surface area contributed by atoms with Gasteiger partial charge in [-0.25, -0.2) is 14.4 Å². The first-order valence-corrected chi connectivity index (χ1v) is 16.5. The molecule has 0 atom stereocenters. The summed E-state index contributed by atoms with van der Waals surface area (Å²) < 4.78 is 17.3. The lowest BCUT2D eigenvalue weighted by molar-refractivity contribution is -0.909. The molecule has 0 saturated carbocycles. The number of esters is 3. The summed E-state index contributed by atoms with van der Waals surface area (Å²) in [4.78, 5) is 38.4. The molecule has 0 aliphatic heterocycles. The van der Waals surface area contributed by atoms with Crippen LogP contribution in [0.25, 0.3) is 0 Å². The van der Waals surface area contributed by atoms with Crippen LogP contribution in [0.4, 0.5) is 0 Å². The van der Waals surface area contributed by atoms with E-state index < -0.39 is 17.9 Å². The summed E-state index contributed by atoms with van der Waals surface area (Å²) in [5.41, 5.74) is 4.84. The Kier molecular flexibility index (Phi) is 12.2. The van der Waals surface area contributed by atoms with Gasteiger partial charge in [0.05, 0.1) is 23.7 Å².